The molecule has 0 unspecified atom stereocenters. The van der Waals surface area contributed by atoms with Crippen LogP contribution in [0.5, 0.6) is 0 Å². The molecular weight excluding hydrogens is 347 g/mol. The molecule has 3 nitrogen and oxygen atoms in total. The fourth-order valence-corrected chi connectivity index (χ4v) is 3.80. The summed E-state index contributed by atoms with van der Waals surface area (Å²) in [5, 5.41) is 5.00. The molecule has 0 radical (unpaired) electrons. The van der Waals surface area contributed by atoms with E-state index in [4.69, 9.17) is 0 Å². The van der Waals surface area contributed by atoms with Gasteiger partial charge in [0.05, 0.1) is 10.2 Å². The number of fused-ring (bicyclic) bond motifs is 1. The van der Waals surface area contributed by atoms with E-state index in [1.807, 2.05) is 52.4 Å². The van der Waals surface area contributed by atoms with Gasteiger partial charge in [0.2, 0.25) is 0 Å². The van der Waals surface area contributed by atoms with Gasteiger partial charge >= 0.3 is 0 Å². The largest absolute Gasteiger partial charge is 0.347 e. The lowest BCUT2D eigenvalue weighted by Gasteiger charge is -2.11. The topological polar surface area (TPSA) is 34.0 Å². The van der Waals surface area contributed by atoms with Crippen molar-refractivity contribution >= 4 is 27.5 Å². The molecule has 0 saturated carbocycles. The normalized spacial score (nSPS) is 11.0. The van der Waals surface area contributed by atoms with Crippen molar-refractivity contribution in [2.24, 2.45) is 0 Å². The Balaban J connectivity index is 1.60. The fourth-order valence-electron chi connectivity index (χ4n) is 2.98. The molecule has 0 aliphatic carbocycles. The summed E-state index contributed by atoms with van der Waals surface area (Å²) in [6.45, 7) is 1.00. The number of benzene rings is 2. The quantitative estimate of drug-likeness (QED) is 0.541. The van der Waals surface area contributed by atoms with Crippen LogP contribution in [0.4, 0.5) is 4.39 Å². The molecule has 0 fully saturated rings. The van der Waals surface area contributed by atoms with Gasteiger partial charge in [0.25, 0.3) is 5.91 Å². The Morgan fingerprint density at radius 3 is 2.54 bits per heavy atom. The van der Waals surface area contributed by atoms with Crippen LogP contribution in [0.15, 0.2) is 72.1 Å². The molecule has 0 aliphatic heterocycles. The molecule has 4 aromatic rings. The molecule has 130 valence electrons. The lowest BCUT2D eigenvalue weighted by atomic mass is 10.2. The lowest BCUT2D eigenvalue weighted by molar-refractivity contribution is 0.0942. The third-order valence-corrected chi connectivity index (χ3v) is 5.16. The predicted molar refractivity (Wildman–Crippen MR) is 103 cm³/mol. The zero-order chi connectivity index (χ0) is 17.9. The summed E-state index contributed by atoms with van der Waals surface area (Å²) in [4.78, 5) is 12.8. The SMILES string of the molecule is O=C(NCc1ccccc1)c1cc2sccc2n1Cc1ccc(F)cc1. The first-order valence-electron chi connectivity index (χ1n) is 8.34. The number of nitrogens with one attached hydrogen (secondary N) is 1. The molecular formula is C21H17FN2OS. The van der Waals surface area contributed by atoms with Crippen LogP contribution >= 0.6 is 11.3 Å². The predicted octanol–water partition coefficient (Wildman–Crippen LogP) is 4.82. The monoisotopic (exact) mass is 364 g/mol. The summed E-state index contributed by atoms with van der Waals surface area (Å²) in [7, 11) is 0. The molecule has 2 aromatic carbocycles. The van der Waals surface area contributed by atoms with Gasteiger partial charge in [-0.2, -0.15) is 0 Å². The van der Waals surface area contributed by atoms with Crippen molar-refractivity contribution in [3.63, 3.8) is 0 Å². The maximum absolute atomic E-state index is 13.2. The van der Waals surface area contributed by atoms with Gasteiger partial charge in [-0.3, -0.25) is 4.79 Å². The average Bonchev–Trinajstić information content (AvgIpc) is 3.25. The second-order valence-corrected chi connectivity index (χ2v) is 7.03. The highest BCUT2D eigenvalue weighted by Gasteiger charge is 2.16. The van der Waals surface area contributed by atoms with E-state index in [9.17, 15) is 9.18 Å². The van der Waals surface area contributed by atoms with E-state index in [1.54, 1.807) is 23.5 Å². The van der Waals surface area contributed by atoms with Crippen molar-refractivity contribution in [3.05, 3.63) is 94.7 Å². The van der Waals surface area contributed by atoms with Gasteiger partial charge in [-0.1, -0.05) is 42.5 Å². The van der Waals surface area contributed by atoms with Crippen LogP contribution in [-0.2, 0) is 13.1 Å². The number of hydrogen-bond donors (Lipinski definition) is 1. The first kappa shape index (κ1) is 16.5. The van der Waals surface area contributed by atoms with E-state index in [2.05, 4.69) is 5.32 Å². The number of carbonyl (C=O) groups excluding carboxylic acids is 1. The molecule has 0 saturated heterocycles. The maximum Gasteiger partial charge on any atom is 0.268 e. The summed E-state index contributed by atoms with van der Waals surface area (Å²) < 4.78 is 16.2. The molecule has 0 aliphatic rings. The van der Waals surface area contributed by atoms with Crippen molar-refractivity contribution in [1.29, 1.82) is 0 Å². The van der Waals surface area contributed by atoms with Gasteiger partial charge in [-0.25, -0.2) is 4.39 Å². The number of carbonyl (C=O) groups is 1. The number of nitrogens with zero attached hydrogens (tertiary/aromatic N) is 1. The molecule has 2 aromatic heterocycles. The van der Waals surface area contributed by atoms with Crippen LogP contribution in [0, 0.1) is 5.82 Å². The van der Waals surface area contributed by atoms with E-state index in [-0.39, 0.29) is 11.7 Å². The Morgan fingerprint density at radius 2 is 1.77 bits per heavy atom. The first-order chi connectivity index (χ1) is 12.7. The summed E-state index contributed by atoms with van der Waals surface area (Å²) in [5.74, 6) is -0.373. The van der Waals surface area contributed by atoms with E-state index in [0.717, 1.165) is 21.3 Å². The van der Waals surface area contributed by atoms with E-state index in [1.165, 1.54) is 12.1 Å². The molecule has 1 N–H and O–H groups in total. The van der Waals surface area contributed by atoms with Crippen LogP contribution in [0.25, 0.3) is 10.2 Å². The van der Waals surface area contributed by atoms with Crippen LogP contribution in [0.2, 0.25) is 0 Å². The summed E-state index contributed by atoms with van der Waals surface area (Å²) in [5.41, 5.74) is 3.64. The van der Waals surface area contributed by atoms with Gasteiger partial charge in [0.15, 0.2) is 0 Å². The number of thiophene rings is 1. The molecule has 26 heavy (non-hydrogen) atoms. The van der Waals surface area contributed by atoms with Crippen molar-refractivity contribution in [1.82, 2.24) is 9.88 Å². The molecule has 0 bridgehead atoms. The van der Waals surface area contributed by atoms with E-state index >= 15 is 0 Å². The standard InChI is InChI=1S/C21H17FN2OS/c22-17-8-6-16(7-9-17)14-24-18-10-11-26-20(18)12-19(24)21(25)23-13-15-4-2-1-3-5-15/h1-12H,13-14H2,(H,23,25). The minimum Gasteiger partial charge on any atom is -0.347 e. The minimum absolute atomic E-state index is 0.112. The Hall–Kier alpha value is -2.92. The van der Waals surface area contributed by atoms with E-state index < -0.39 is 0 Å². The fraction of sp³-hybridized carbons (Fsp3) is 0.0952. The molecule has 1 amide bonds. The molecule has 0 spiro atoms. The Kier molecular flexibility index (Phi) is 4.54. The lowest BCUT2D eigenvalue weighted by Crippen LogP contribution is -2.25. The molecule has 5 heteroatoms. The number of halogens is 1. The van der Waals surface area contributed by atoms with Crippen molar-refractivity contribution < 1.29 is 9.18 Å². The van der Waals surface area contributed by atoms with Gasteiger partial charge in [0, 0.05) is 13.1 Å². The number of hydrogen-bond acceptors (Lipinski definition) is 2. The van der Waals surface area contributed by atoms with Crippen molar-refractivity contribution in [2.75, 3.05) is 0 Å². The van der Waals surface area contributed by atoms with Gasteiger partial charge in [0.1, 0.15) is 11.5 Å². The molecule has 0 atom stereocenters. The summed E-state index contributed by atoms with van der Waals surface area (Å²) >= 11 is 1.61. The Labute approximate surface area is 154 Å². The van der Waals surface area contributed by atoms with Gasteiger partial charge in [-0.15, -0.1) is 11.3 Å². The molecule has 2 heterocycles. The zero-order valence-electron chi connectivity index (χ0n) is 14.0. The van der Waals surface area contributed by atoms with Crippen LogP contribution in [-0.4, -0.2) is 10.5 Å². The highest BCUT2D eigenvalue weighted by Crippen LogP contribution is 2.26. The van der Waals surface area contributed by atoms with E-state index in [0.29, 0.717) is 18.8 Å². The second-order valence-electron chi connectivity index (χ2n) is 6.08. The second kappa shape index (κ2) is 7.14. The molecule has 4 rings (SSSR count). The summed E-state index contributed by atoms with van der Waals surface area (Å²) in [6, 6.07) is 20.1. The average molecular weight is 364 g/mol. The third-order valence-electron chi connectivity index (χ3n) is 4.31. The van der Waals surface area contributed by atoms with Crippen LogP contribution in [0.3, 0.4) is 0 Å². The van der Waals surface area contributed by atoms with Gasteiger partial charge < -0.3 is 9.88 Å². The first-order valence-corrected chi connectivity index (χ1v) is 9.22. The minimum atomic E-state index is -0.261. The highest BCUT2D eigenvalue weighted by atomic mass is 32.1. The smallest absolute Gasteiger partial charge is 0.268 e. The highest BCUT2D eigenvalue weighted by molar-refractivity contribution is 7.17. The van der Waals surface area contributed by atoms with Crippen LogP contribution in [0.1, 0.15) is 21.6 Å². The maximum atomic E-state index is 13.2. The van der Waals surface area contributed by atoms with Gasteiger partial charge in [-0.05, 0) is 40.8 Å². The van der Waals surface area contributed by atoms with Crippen molar-refractivity contribution in [2.45, 2.75) is 13.1 Å². The van der Waals surface area contributed by atoms with Crippen LogP contribution < -0.4 is 5.32 Å². The van der Waals surface area contributed by atoms with Crippen molar-refractivity contribution in [3.8, 4) is 0 Å². The zero-order valence-corrected chi connectivity index (χ0v) is 14.8. The third kappa shape index (κ3) is 3.39. The Morgan fingerprint density at radius 1 is 1.00 bits per heavy atom. The number of aromatic nitrogens is 1. The summed E-state index contributed by atoms with van der Waals surface area (Å²) in [6.07, 6.45) is 0. The Bertz CT molecular complexity index is 1040. The number of rotatable bonds is 5. The number of amides is 1.